The topological polar surface area (TPSA) is 90.4 Å². The Hall–Kier alpha value is -4.14. The van der Waals surface area contributed by atoms with Crippen LogP contribution < -0.4 is 15.4 Å². The minimum atomic E-state index is -0.741. The van der Waals surface area contributed by atoms with Gasteiger partial charge in [0.1, 0.15) is 17.3 Å². The number of nitrogens with zero attached hydrogens (tertiary/aromatic N) is 6. The van der Waals surface area contributed by atoms with Gasteiger partial charge < -0.3 is 29.6 Å². The second kappa shape index (κ2) is 19.5. The van der Waals surface area contributed by atoms with E-state index in [1.54, 1.807) is 0 Å². The summed E-state index contributed by atoms with van der Waals surface area (Å²) in [6, 6.07) is 33.5. The first-order valence-corrected chi connectivity index (χ1v) is 27.2. The van der Waals surface area contributed by atoms with E-state index in [4.69, 9.17) is 37.7 Å². The van der Waals surface area contributed by atoms with E-state index in [0.29, 0.717) is 24.0 Å². The van der Waals surface area contributed by atoms with Crippen molar-refractivity contribution in [2.24, 2.45) is 23.8 Å². The fraction of sp³-hybridized carbons (Fsp3) is 0.525. The summed E-state index contributed by atoms with van der Waals surface area (Å²) in [4.78, 5) is 32.5. The molecule has 2 saturated carbocycles. The molecule has 72 heavy (non-hydrogen) atoms. The number of nitrogens with one attached hydrogen (secondary N) is 2. The highest BCUT2D eigenvalue weighted by atomic mass is 35.5. The highest BCUT2D eigenvalue weighted by Crippen LogP contribution is 2.65. The molecule has 0 radical (unpaired) electrons. The van der Waals surface area contributed by atoms with Crippen LogP contribution in [-0.2, 0) is 42.5 Å². The average molecular weight is 1010 g/mol. The molecule has 2 N–H and O–H groups in total. The quantitative estimate of drug-likeness (QED) is 0.112. The zero-order chi connectivity index (χ0) is 50.3. The molecule has 7 unspecified atom stereocenters. The summed E-state index contributed by atoms with van der Waals surface area (Å²) in [5.41, 5.74) is 4.30. The number of aromatic nitrogens is 2. The third-order valence-electron chi connectivity index (χ3n) is 18.8. The monoisotopic (exact) mass is 1010 g/mol. The molecule has 5 aromatic rings. The smallest absolute Gasteiger partial charge is 0.153 e. The zero-order valence-electron chi connectivity index (χ0n) is 43.5. The molecule has 2 spiro atoms. The van der Waals surface area contributed by atoms with E-state index in [2.05, 4.69) is 145 Å². The van der Waals surface area contributed by atoms with E-state index in [1.165, 1.54) is 11.1 Å². The molecule has 11 rings (SSSR count). The number of halogens is 2. The summed E-state index contributed by atoms with van der Waals surface area (Å²) >= 11 is 13.3. The van der Waals surface area contributed by atoms with Crippen LogP contribution in [0.1, 0.15) is 68.5 Å². The molecule has 11 nitrogen and oxygen atoms in total. The predicted molar refractivity (Wildman–Crippen MR) is 288 cm³/mol. The predicted octanol–water partition coefficient (Wildman–Crippen LogP) is 9.14. The van der Waals surface area contributed by atoms with Crippen LogP contribution >= 0.6 is 23.2 Å². The molecular weight excluding hydrogens is 940 g/mol. The lowest BCUT2D eigenvalue weighted by atomic mass is 9.54. The van der Waals surface area contributed by atoms with Gasteiger partial charge in [0.2, 0.25) is 0 Å². The lowest BCUT2D eigenvalue weighted by Crippen LogP contribution is -2.73. The van der Waals surface area contributed by atoms with Gasteiger partial charge in [-0.15, -0.1) is 0 Å². The number of likely N-dealkylation sites (N-methyl/N-ethyl adjacent to an activating group) is 2. The van der Waals surface area contributed by atoms with Gasteiger partial charge in [0.25, 0.3) is 0 Å². The van der Waals surface area contributed by atoms with E-state index in [0.717, 1.165) is 97.2 Å². The second-order valence-corrected chi connectivity index (χ2v) is 23.6. The maximum absolute atomic E-state index is 17.6. The standard InChI is InChI=1S/C59H74Cl2N8O3/c1-9-58-50-31-45(28-39-15-20-43(60)21-16-39)66(5)55(58)47(35-71-8)64-53-37(2)69(51-29-42(27-38-13-11-10-12-14-38)54(59(51,53)56(58)70)68(7)57(25-26-57)36-63-50)33-41-17-22-44(61)30-49(41)72-46-23-18-40(19-24-46)48-32-62-52(67(48)6)34-65(3)4/h10-24,30,32,37,42,45,47,50-51,53-55,63-64H,9,25-29,31,33-36H2,1-8H3/t37-,42+,45-,47+,50?,51?,53?,54?,55?,58?,59?/m0/s1. The van der Waals surface area contributed by atoms with Crippen molar-refractivity contribution in [3.05, 3.63) is 136 Å². The van der Waals surface area contributed by atoms with E-state index >= 15 is 4.79 Å². The molecule has 5 heterocycles. The van der Waals surface area contributed by atoms with Gasteiger partial charge in [0.05, 0.1) is 35.9 Å². The largest absolute Gasteiger partial charge is 0.457 e. The van der Waals surface area contributed by atoms with Crippen molar-refractivity contribution in [1.82, 2.24) is 39.8 Å². The summed E-state index contributed by atoms with van der Waals surface area (Å²) in [7, 11) is 12.7. The highest BCUT2D eigenvalue weighted by Gasteiger charge is 2.79. The van der Waals surface area contributed by atoms with Gasteiger partial charge in [-0.2, -0.15) is 0 Å². The Morgan fingerprint density at radius 3 is 2.29 bits per heavy atom. The third kappa shape index (κ3) is 8.29. The van der Waals surface area contributed by atoms with Crippen LogP contribution in [-0.4, -0.2) is 137 Å². The average Bonchev–Trinajstić information content (AvgIpc) is 3.94. The fourth-order valence-corrected chi connectivity index (χ4v) is 15.6. The van der Waals surface area contributed by atoms with Gasteiger partial charge in [0.15, 0.2) is 5.78 Å². The number of likely N-dealkylation sites (tertiary alicyclic amines) is 2. The number of hydrogen-bond donors (Lipinski definition) is 2. The van der Waals surface area contributed by atoms with Crippen LogP contribution in [0, 0.1) is 16.7 Å². The van der Waals surface area contributed by atoms with Gasteiger partial charge in [-0.3, -0.25) is 19.5 Å². The molecule has 1 aromatic heterocycles. The Morgan fingerprint density at radius 2 is 1.60 bits per heavy atom. The Kier molecular flexibility index (Phi) is 13.6. The van der Waals surface area contributed by atoms with Crippen LogP contribution in [0.5, 0.6) is 11.5 Å². The molecule has 2 aliphatic carbocycles. The van der Waals surface area contributed by atoms with Crippen molar-refractivity contribution in [2.75, 3.05) is 48.5 Å². The van der Waals surface area contributed by atoms with Crippen LogP contribution in [0.4, 0.5) is 0 Å². The van der Waals surface area contributed by atoms with Crippen LogP contribution in [0.3, 0.4) is 0 Å². The molecule has 6 fully saturated rings. The molecule has 13 heteroatoms. The van der Waals surface area contributed by atoms with Gasteiger partial charge in [0, 0.05) is 102 Å². The minimum Gasteiger partial charge on any atom is -0.457 e. The van der Waals surface area contributed by atoms with Crippen LogP contribution in [0.2, 0.25) is 10.0 Å². The number of piperidine rings is 1. The molecule has 4 aromatic carbocycles. The Labute approximate surface area is 437 Å². The van der Waals surface area contributed by atoms with Crippen LogP contribution in [0.15, 0.2) is 103 Å². The molecule has 4 aliphatic heterocycles. The minimum absolute atomic E-state index is 0.00230. The summed E-state index contributed by atoms with van der Waals surface area (Å²) in [6.07, 6.45) is 8.51. The van der Waals surface area contributed by atoms with E-state index in [-0.39, 0.29) is 59.8 Å². The first kappa shape index (κ1) is 50.0. The Balaban J connectivity index is 1.01. The summed E-state index contributed by atoms with van der Waals surface area (Å²) in [5.74, 6) is 3.16. The summed E-state index contributed by atoms with van der Waals surface area (Å²) < 4.78 is 15.3. The molecule has 2 bridgehead atoms. The normalized spacial score (nSPS) is 32.1. The first-order valence-electron chi connectivity index (χ1n) is 26.5. The Morgan fingerprint density at radius 1 is 0.875 bits per heavy atom. The summed E-state index contributed by atoms with van der Waals surface area (Å²) in [6.45, 7) is 7.44. The second-order valence-electron chi connectivity index (χ2n) is 22.8. The number of benzene rings is 4. The third-order valence-corrected chi connectivity index (χ3v) is 19.3. The van der Waals surface area contributed by atoms with Crippen LogP contribution in [0.25, 0.3) is 11.3 Å². The van der Waals surface area contributed by atoms with Crippen molar-refractivity contribution >= 4 is 29.0 Å². The number of methoxy groups -OCH3 is 1. The maximum Gasteiger partial charge on any atom is 0.153 e. The molecular formula is C59H74Cl2N8O3. The number of ether oxygens (including phenoxy) is 2. The molecule has 382 valence electrons. The first-order chi connectivity index (χ1) is 34.7. The van der Waals surface area contributed by atoms with Crippen molar-refractivity contribution in [3.63, 3.8) is 0 Å². The van der Waals surface area contributed by atoms with E-state index < -0.39 is 10.8 Å². The van der Waals surface area contributed by atoms with E-state index in [1.807, 2.05) is 49.7 Å². The molecule has 6 aliphatic rings. The van der Waals surface area contributed by atoms with Crippen molar-refractivity contribution in [1.29, 1.82) is 0 Å². The number of hydrogen-bond acceptors (Lipinski definition) is 10. The number of imidazole rings is 1. The fourth-order valence-electron chi connectivity index (χ4n) is 15.3. The lowest BCUT2D eigenvalue weighted by molar-refractivity contribution is -0.155. The number of carbonyl (C=O) groups is 1. The van der Waals surface area contributed by atoms with E-state index in [9.17, 15) is 0 Å². The van der Waals surface area contributed by atoms with Crippen molar-refractivity contribution < 1.29 is 14.3 Å². The number of rotatable bonds is 14. The lowest BCUT2D eigenvalue weighted by Gasteiger charge is -2.58. The number of carbonyl (C=O) groups excluding carboxylic acids is 1. The summed E-state index contributed by atoms with van der Waals surface area (Å²) in [5, 5.41) is 10.1. The van der Waals surface area contributed by atoms with Gasteiger partial charge in [-0.05, 0) is 146 Å². The van der Waals surface area contributed by atoms with Gasteiger partial charge in [-0.1, -0.05) is 78.7 Å². The zero-order valence-corrected chi connectivity index (χ0v) is 45.0. The van der Waals surface area contributed by atoms with Gasteiger partial charge in [-0.25, -0.2) is 4.98 Å². The highest BCUT2D eigenvalue weighted by molar-refractivity contribution is 6.31. The van der Waals surface area contributed by atoms with Crippen molar-refractivity contribution in [3.8, 4) is 22.8 Å². The number of Topliss-reactive ketones (excluding diaryl/α,β-unsaturated/α-hetero) is 1. The van der Waals surface area contributed by atoms with Gasteiger partial charge >= 0.3 is 0 Å². The maximum atomic E-state index is 17.6. The molecule has 4 saturated heterocycles. The number of ketones is 1. The van der Waals surface area contributed by atoms with Crippen molar-refractivity contribution in [2.45, 2.75) is 126 Å². The SMILES string of the molecule is CCC12C(=O)C34C5N[C@H](COC)C1N(C)[C@@H](Cc1ccc(Cl)cc1)CC2NCC1(CC1)N(C)C3[C@H](Cc1ccccc1)CC4N(Cc1ccc(Cl)cc1Oc1ccc(-c2cnc(CN(C)C)n2C)cc1)[C@H]5C. The molecule has 0 amide bonds. The molecule has 11 atom stereocenters. The Bertz CT molecular complexity index is 2750.